The number of aromatic nitrogens is 1. The molecule has 0 saturated heterocycles. The van der Waals surface area contributed by atoms with E-state index in [0.717, 1.165) is 17.0 Å². The van der Waals surface area contributed by atoms with Gasteiger partial charge in [-0.15, -0.1) is 0 Å². The van der Waals surface area contributed by atoms with E-state index in [1.807, 2.05) is 13.8 Å². The summed E-state index contributed by atoms with van der Waals surface area (Å²) in [7, 11) is 1.31. The van der Waals surface area contributed by atoms with Gasteiger partial charge in [0, 0.05) is 11.3 Å². The van der Waals surface area contributed by atoms with E-state index in [9.17, 15) is 9.59 Å². The standard InChI is InChI=1S/C21H20N2O5/c1-13-19(14(2)28-23-13)12-27-18-9-7-15(8-10-18)20(24)22-17-6-4-5-16(11-17)21(25)26-3/h4-11H,12H2,1-3H3,(H,22,24). The third-order valence-electron chi connectivity index (χ3n) is 4.22. The van der Waals surface area contributed by atoms with Crippen molar-refractivity contribution < 1.29 is 23.6 Å². The third-order valence-corrected chi connectivity index (χ3v) is 4.22. The van der Waals surface area contributed by atoms with Gasteiger partial charge in [-0.1, -0.05) is 11.2 Å². The molecule has 0 radical (unpaired) electrons. The minimum atomic E-state index is -0.462. The molecule has 0 aliphatic rings. The number of carbonyl (C=O) groups excluding carboxylic acids is 2. The topological polar surface area (TPSA) is 90.7 Å². The van der Waals surface area contributed by atoms with Gasteiger partial charge in [0.05, 0.1) is 23.9 Å². The highest BCUT2D eigenvalue weighted by Gasteiger charge is 2.11. The number of hydrogen-bond acceptors (Lipinski definition) is 6. The van der Waals surface area contributed by atoms with Crippen LogP contribution in [0.4, 0.5) is 5.69 Å². The van der Waals surface area contributed by atoms with Crippen molar-refractivity contribution >= 4 is 17.6 Å². The lowest BCUT2D eigenvalue weighted by Crippen LogP contribution is -2.12. The number of hydrogen-bond donors (Lipinski definition) is 1. The Morgan fingerprint density at radius 3 is 2.46 bits per heavy atom. The first-order chi connectivity index (χ1) is 13.5. The number of methoxy groups -OCH3 is 1. The lowest BCUT2D eigenvalue weighted by atomic mass is 10.1. The molecule has 0 unspecified atom stereocenters. The lowest BCUT2D eigenvalue weighted by molar-refractivity contribution is 0.0600. The highest BCUT2D eigenvalue weighted by atomic mass is 16.5. The molecule has 3 rings (SSSR count). The van der Waals surface area contributed by atoms with Gasteiger partial charge in [-0.05, 0) is 56.3 Å². The maximum atomic E-state index is 12.4. The van der Waals surface area contributed by atoms with Gasteiger partial charge in [-0.3, -0.25) is 4.79 Å². The molecule has 28 heavy (non-hydrogen) atoms. The van der Waals surface area contributed by atoms with E-state index in [-0.39, 0.29) is 5.91 Å². The van der Waals surface area contributed by atoms with Gasteiger partial charge in [0.1, 0.15) is 18.1 Å². The van der Waals surface area contributed by atoms with Gasteiger partial charge in [0.15, 0.2) is 0 Å². The van der Waals surface area contributed by atoms with Crippen molar-refractivity contribution in [1.29, 1.82) is 0 Å². The van der Waals surface area contributed by atoms with Crippen LogP contribution in [-0.2, 0) is 11.3 Å². The molecule has 1 amide bonds. The Morgan fingerprint density at radius 2 is 1.82 bits per heavy atom. The molecule has 2 aromatic carbocycles. The minimum absolute atomic E-state index is 0.292. The number of nitrogens with one attached hydrogen (secondary N) is 1. The van der Waals surface area contributed by atoms with Crippen LogP contribution in [0.15, 0.2) is 53.1 Å². The van der Waals surface area contributed by atoms with Crippen LogP contribution in [0, 0.1) is 13.8 Å². The Hall–Kier alpha value is -3.61. The van der Waals surface area contributed by atoms with E-state index in [2.05, 4.69) is 15.2 Å². The van der Waals surface area contributed by atoms with Gasteiger partial charge < -0.3 is 19.3 Å². The monoisotopic (exact) mass is 380 g/mol. The molecule has 7 nitrogen and oxygen atoms in total. The zero-order chi connectivity index (χ0) is 20.1. The van der Waals surface area contributed by atoms with E-state index < -0.39 is 5.97 Å². The summed E-state index contributed by atoms with van der Waals surface area (Å²) in [6, 6.07) is 13.3. The molecule has 3 aromatic rings. The Bertz CT molecular complexity index is 973. The van der Waals surface area contributed by atoms with Crippen molar-refractivity contribution in [2.24, 2.45) is 0 Å². The van der Waals surface area contributed by atoms with E-state index in [1.165, 1.54) is 7.11 Å². The molecule has 0 aliphatic carbocycles. The predicted molar refractivity (Wildman–Crippen MR) is 102 cm³/mol. The smallest absolute Gasteiger partial charge is 0.337 e. The highest BCUT2D eigenvalue weighted by molar-refractivity contribution is 6.04. The fraction of sp³-hybridized carbons (Fsp3) is 0.190. The molecular weight excluding hydrogens is 360 g/mol. The Balaban J connectivity index is 1.63. The van der Waals surface area contributed by atoms with Gasteiger partial charge >= 0.3 is 5.97 Å². The van der Waals surface area contributed by atoms with Crippen molar-refractivity contribution in [3.8, 4) is 5.75 Å². The summed E-state index contributed by atoms with van der Waals surface area (Å²) in [6.07, 6.45) is 0. The van der Waals surface area contributed by atoms with Crippen LogP contribution >= 0.6 is 0 Å². The van der Waals surface area contributed by atoms with Crippen LogP contribution in [0.2, 0.25) is 0 Å². The summed E-state index contributed by atoms with van der Waals surface area (Å²) in [6.45, 7) is 4.03. The number of benzene rings is 2. The number of rotatable bonds is 6. The van der Waals surface area contributed by atoms with E-state index in [0.29, 0.717) is 29.2 Å². The van der Waals surface area contributed by atoms with Gasteiger partial charge in [0.2, 0.25) is 0 Å². The van der Waals surface area contributed by atoms with Crippen LogP contribution < -0.4 is 10.1 Å². The predicted octanol–water partition coefficient (Wildman–Crippen LogP) is 3.91. The van der Waals surface area contributed by atoms with Gasteiger partial charge in [-0.2, -0.15) is 0 Å². The Labute approximate surface area is 162 Å². The van der Waals surface area contributed by atoms with Crippen molar-refractivity contribution in [3.63, 3.8) is 0 Å². The minimum Gasteiger partial charge on any atom is -0.489 e. The number of anilines is 1. The Morgan fingerprint density at radius 1 is 1.07 bits per heavy atom. The van der Waals surface area contributed by atoms with Gasteiger partial charge in [-0.25, -0.2) is 4.79 Å². The Kier molecular flexibility index (Phi) is 5.74. The molecule has 1 N–H and O–H groups in total. The molecule has 0 bridgehead atoms. The quantitative estimate of drug-likeness (QED) is 0.652. The number of amides is 1. The van der Waals surface area contributed by atoms with Crippen LogP contribution in [0.25, 0.3) is 0 Å². The SMILES string of the molecule is COC(=O)c1cccc(NC(=O)c2ccc(OCc3c(C)noc3C)cc2)c1. The first-order valence-electron chi connectivity index (χ1n) is 8.62. The summed E-state index contributed by atoms with van der Waals surface area (Å²) >= 11 is 0. The molecule has 144 valence electrons. The first-order valence-corrected chi connectivity index (χ1v) is 8.62. The number of nitrogens with zero attached hydrogens (tertiary/aromatic N) is 1. The molecule has 1 aromatic heterocycles. The summed E-state index contributed by atoms with van der Waals surface area (Å²) in [4.78, 5) is 24.0. The molecule has 0 saturated carbocycles. The van der Waals surface area contributed by atoms with Crippen LogP contribution in [0.3, 0.4) is 0 Å². The molecule has 1 heterocycles. The number of ether oxygens (including phenoxy) is 2. The average Bonchev–Trinajstić information content (AvgIpc) is 3.03. The fourth-order valence-corrected chi connectivity index (χ4v) is 2.61. The maximum Gasteiger partial charge on any atom is 0.337 e. The molecule has 0 fully saturated rings. The van der Waals surface area contributed by atoms with Crippen molar-refractivity contribution in [2.75, 3.05) is 12.4 Å². The zero-order valence-corrected chi connectivity index (χ0v) is 15.8. The second kappa shape index (κ2) is 8.39. The molecule has 0 aliphatic heterocycles. The van der Waals surface area contributed by atoms with Crippen molar-refractivity contribution in [2.45, 2.75) is 20.5 Å². The van der Waals surface area contributed by atoms with E-state index in [1.54, 1.807) is 48.5 Å². The zero-order valence-electron chi connectivity index (χ0n) is 15.8. The number of carbonyl (C=O) groups is 2. The largest absolute Gasteiger partial charge is 0.489 e. The number of esters is 1. The highest BCUT2D eigenvalue weighted by Crippen LogP contribution is 2.19. The molecule has 7 heteroatoms. The van der Waals surface area contributed by atoms with Gasteiger partial charge in [0.25, 0.3) is 5.91 Å². The molecule has 0 spiro atoms. The van der Waals surface area contributed by atoms with Crippen molar-refractivity contribution in [3.05, 3.63) is 76.7 Å². The van der Waals surface area contributed by atoms with Crippen LogP contribution in [0.1, 0.15) is 37.7 Å². The summed E-state index contributed by atoms with van der Waals surface area (Å²) in [5.41, 5.74) is 3.04. The molecule has 0 atom stereocenters. The van der Waals surface area contributed by atoms with Crippen LogP contribution in [0.5, 0.6) is 5.75 Å². The maximum absolute atomic E-state index is 12.4. The second-order valence-electron chi connectivity index (χ2n) is 6.14. The normalized spacial score (nSPS) is 10.4. The summed E-state index contributed by atoms with van der Waals surface area (Å²) < 4.78 is 15.5. The van der Waals surface area contributed by atoms with Crippen molar-refractivity contribution in [1.82, 2.24) is 5.16 Å². The van der Waals surface area contributed by atoms with Crippen LogP contribution in [-0.4, -0.2) is 24.1 Å². The van der Waals surface area contributed by atoms with E-state index in [4.69, 9.17) is 9.26 Å². The lowest BCUT2D eigenvalue weighted by Gasteiger charge is -2.09. The average molecular weight is 380 g/mol. The molecular formula is C21H20N2O5. The second-order valence-corrected chi connectivity index (χ2v) is 6.14. The summed E-state index contributed by atoms with van der Waals surface area (Å²) in [5, 5.41) is 6.65. The number of aryl methyl sites for hydroxylation is 2. The third kappa shape index (κ3) is 4.37. The summed E-state index contributed by atoms with van der Waals surface area (Å²) in [5.74, 6) is 0.599. The first kappa shape index (κ1) is 19.2. The van der Waals surface area contributed by atoms with E-state index >= 15 is 0 Å². The fourth-order valence-electron chi connectivity index (χ4n) is 2.61.